The van der Waals surface area contributed by atoms with Gasteiger partial charge in [-0.25, -0.2) is 0 Å². The van der Waals surface area contributed by atoms with E-state index in [0.717, 1.165) is 30.1 Å². The first-order valence-electron chi connectivity index (χ1n) is 6.38. The van der Waals surface area contributed by atoms with Crippen molar-refractivity contribution < 1.29 is 9.53 Å². The summed E-state index contributed by atoms with van der Waals surface area (Å²) in [6.07, 6.45) is 0.831. The lowest BCUT2D eigenvalue weighted by Crippen LogP contribution is -2.27. The van der Waals surface area contributed by atoms with Gasteiger partial charge in [0.1, 0.15) is 12.4 Å². The largest absolute Gasteiger partial charge is 0.485 e. The molecule has 19 heavy (non-hydrogen) atoms. The molecule has 0 spiro atoms. The summed E-state index contributed by atoms with van der Waals surface area (Å²) >= 11 is 0. The maximum Gasteiger partial charge on any atom is 0.219 e. The molecule has 4 nitrogen and oxygen atoms in total. The van der Waals surface area contributed by atoms with Crippen LogP contribution in [0.5, 0.6) is 5.75 Å². The zero-order valence-corrected chi connectivity index (χ0v) is 11.8. The highest BCUT2D eigenvalue weighted by atomic mass is 16.5. The van der Waals surface area contributed by atoms with E-state index < -0.39 is 0 Å². The van der Waals surface area contributed by atoms with Crippen LogP contribution in [-0.2, 0) is 11.2 Å². The molecular formula is C15H20N2O2. The zero-order chi connectivity index (χ0) is 14.0. The van der Waals surface area contributed by atoms with Crippen LogP contribution in [0.25, 0.3) is 0 Å². The number of hydrogen-bond donors (Lipinski definition) is 0. The summed E-state index contributed by atoms with van der Waals surface area (Å²) in [6.45, 7) is 6.78. The first-order valence-corrected chi connectivity index (χ1v) is 6.38. The second-order valence-corrected chi connectivity index (χ2v) is 4.91. The minimum atomic E-state index is 0.0882. The number of fused-ring (bicyclic) bond motifs is 1. The van der Waals surface area contributed by atoms with E-state index >= 15 is 0 Å². The molecule has 1 aromatic carbocycles. The average molecular weight is 260 g/mol. The maximum atomic E-state index is 11.2. The first-order chi connectivity index (χ1) is 8.99. The minimum absolute atomic E-state index is 0.0882. The highest BCUT2D eigenvalue weighted by molar-refractivity contribution is 5.72. The van der Waals surface area contributed by atoms with Gasteiger partial charge in [-0.05, 0) is 24.1 Å². The Morgan fingerprint density at radius 1 is 1.53 bits per heavy atom. The predicted octanol–water partition coefficient (Wildman–Crippen LogP) is 2.05. The molecule has 0 bridgehead atoms. The van der Waals surface area contributed by atoms with Crippen LogP contribution >= 0.6 is 0 Å². The Labute approximate surface area is 114 Å². The van der Waals surface area contributed by atoms with Gasteiger partial charge >= 0.3 is 0 Å². The Morgan fingerprint density at radius 2 is 2.26 bits per heavy atom. The van der Waals surface area contributed by atoms with E-state index in [1.807, 2.05) is 31.1 Å². The van der Waals surface area contributed by atoms with Gasteiger partial charge in [0.15, 0.2) is 0 Å². The number of nitrogens with zero attached hydrogens (tertiary/aromatic N) is 2. The number of likely N-dealkylation sites (N-methyl/N-ethyl adjacent to an activating group) is 2. The summed E-state index contributed by atoms with van der Waals surface area (Å²) < 4.78 is 5.68. The van der Waals surface area contributed by atoms with Gasteiger partial charge in [0.2, 0.25) is 5.91 Å². The monoisotopic (exact) mass is 260 g/mol. The normalized spacial score (nSPS) is 13.8. The molecular weight excluding hydrogens is 240 g/mol. The molecule has 0 saturated heterocycles. The fourth-order valence-corrected chi connectivity index (χ4v) is 1.99. The summed E-state index contributed by atoms with van der Waals surface area (Å²) in [5.41, 5.74) is 3.17. The van der Waals surface area contributed by atoms with Crippen LogP contribution in [0.4, 0.5) is 5.69 Å². The van der Waals surface area contributed by atoms with Crippen LogP contribution in [0.2, 0.25) is 0 Å². The van der Waals surface area contributed by atoms with Crippen molar-refractivity contribution in [3.63, 3.8) is 0 Å². The van der Waals surface area contributed by atoms with E-state index in [2.05, 4.69) is 12.6 Å². The molecule has 0 unspecified atom stereocenters. The van der Waals surface area contributed by atoms with E-state index in [1.165, 1.54) is 5.56 Å². The van der Waals surface area contributed by atoms with Crippen molar-refractivity contribution in [1.29, 1.82) is 0 Å². The third kappa shape index (κ3) is 2.89. The van der Waals surface area contributed by atoms with Crippen LogP contribution in [0.1, 0.15) is 12.5 Å². The van der Waals surface area contributed by atoms with Crippen molar-refractivity contribution in [2.75, 3.05) is 32.1 Å². The fraction of sp³-hybridized carbons (Fsp3) is 0.400. The van der Waals surface area contributed by atoms with Gasteiger partial charge in [0.05, 0.1) is 5.69 Å². The average Bonchev–Trinajstić information content (AvgIpc) is 2.40. The van der Waals surface area contributed by atoms with Crippen molar-refractivity contribution >= 4 is 11.6 Å². The molecule has 0 aliphatic carbocycles. The van der Waals surface area contributed by atoms with Gasteiger partial charge in [-0.15, -0.1) is 0 Å². The van der Waals surface area contributed by atoms with Crippen LogP contribution in [0, 0.1) is 0 Å². The molecule has 0 aromatic heterocycles. The van der Waals surface area contributed by atoms with Gasteiger partial charge < -0.3 is 14.5 Å². The number of anilines is 1. The Morgan fingerprint density at radius 3 is 2.95 bits per heavy atom. The van der Waals surface area contributed by atoms with Crippen molar-refractivity contribution in [3.8, 4) is 5.75 Å². The molecule has 1 aliphatic rings. The molecule has 0 radical (unpaired) electrons. The lowest BCUT2D eigenvalue weighted by molar-refractivity contribution is -0.127. The van der Waals surface area contributed by atoms with Gasteiger partial charge in [-0.2, -0.15) is 0 Å². The molecule has 1 amide bonds. The van der Waals surface area contributed by atoms with Crippen molar-refractivity contribution in [2.45, 2.75) is 13.3 Å². The third-order valence-corrected chi connectivity index (χ3v) is 3.53. The smallest absolute Gasteiger partial charge is 0.219 e. The molecule has 0 saturated carbocycles. The fourth-order valence-electron chi connectivity index (χ4n) is 1.99. The molecule has 1 aliphatic heterocycles. The van der Waals surface area contributed by atoms with Gasteiger partial charge in [-0.3, -0.25) is 4.79 Å². The second-order valence-electron chi connectivity index (χ2n) is 4.91. The number of carbonyl (C=O) groups is 1. The summed E-state index contributed by atoms with van der Waals surface area (Å²) in [5.74, 6) is 0.975. The van der Waals surface area contributed by atoms with Gasteiger partial charge in [0.25, 0.3) is 0 Å². The first kappa shape index (κ1) is 13.5. The quantitative estimate of drug-likeness (QED) is 0.834. The lowest BCUT2D eigenvalue weighted by atomic mass is 10.1. The zero-order valence-electron chi connectivity index (χ0n) is 11.8. The third-order valence-electron chi connectivity index (χ3n) is 3.53. The summed E-state index contributed by atoms with van der Waals surface area (Å²) in [4.78, 5) is 14.9. The van der Waals surface area contributed by atoms with Crippen molar-refractivity contribution in [1.82, 2.24) is 4.90 Å². The summed E-state index contributed by atoms with van der Waals surface area (Å²) in [6, 6.07) is 6.17. The van der Waals surface area contributed by atoms with Crippen LogP contribution in [0.3, 0.4) is 0 Å². The standard InChI is InChI=1S/C15H20N2O2/c1-11-10-19-15-9-13(5-6-14(15)17(11)4)7-8-16(3)12(2)18/h5-6,9H,1,7-8,10H2,2-4H3. The Balaban J connectivity index is 2.09. The molecule has 102 valence electrons. The topological polar surface area (TPSA) is 32.8 Å². The molecule has 0 N–H and O–H groups in total. The number of benzene rings is 1. The summed E-state index contributed by atoms with van der Waals surface area (Å²) in [5, 5.41) is 0. The van der Waals surface area contributed by atoms with Gasteiger partial charge in [-0.1, -0.05) is 12.6 Å². The lowest BCUT2D eigenvalue weighted by Gasteiger charge is -2.30. The van der Waals surface area contributed by atoms with E-state index in [9.17, 15) is 4.79 Å². The maximum absolute atomic E-state index is 11.2. The Kier molecular flexibility index (Phi) is 3.79. The van der Waals surface area contributed by atoms with Crippen LogP contribution in [-0.4, -0.2) is 38.1 Å². The number of ether oxygens (including phenoxy) is 1. The van der Waals surface area contributed by atoms with Crippen LogP contribution < -0.4 is 9.64 Å². The van der Waals surface area contributed by atoms with Crippen molar-refractivity contribution in [2.24, 2.45) is 0 Å². The molecule has 1 heterocycles. The SMILES string of the molecule is C=C1COc2cc(CCN(C)C(C)=O)ccc2N1C. The molecule has 0 fully saturated rings. The number of amides is 1. The highest BCUT2D eigenvalue weighted by Gasteiger charge is 2.18. The molecule has 2 rings (SSSR count). The van der Waals surface area contributed by atoms with Crippen molar-refractivity contribution in [3.05, 3.63) is 36.0 Å². The van der Waals surface area contributed by atoms with E-state index in [-0.39, 0.29) is 5.91 Å². The Bertz CT molecular complexity index is 511. The highest BCUT2D eigenvalue weighted by Crippen LogP contribution is 2.34. The molecule has 0 atom stereocenters. The van der Waals surface area contributed by atoms with Crippen LogP contribution in [0.15, 0.2) is 30.5 Å². The minimum Gasteiger partial charge on any atom is -0.485 e. The molecule has 1 aromatic rings. The summed E-state index contributed by atoms with van der Waals surface area (Å²) in [7, 11) is 3.81. The van der Waals surface area contributed by atoms with E-state index in [4.69, 9.17) is 4.74 Å². The Hall–Kier alpha value is -1.97. The number of carbonyl (C=O) groups excluding carboxylic acids is 1. The predicted molar refractivity (Wildman–Crippen MR) is 76.5 cm³/mol. The number of rotatable bonds is 3. The second kappa shape index (κ2) is 5.34. The molecule has 4 heteroatoms. The van der Waals surface area contributed by atoms with E-state index in [0.29, 0.717) is 6.61 Å². The van der Waals surface area contributed by atoms with E-state index in [1.54, 1.807) is 11.8 Å². The number of hydrogen-bond acceptors (Lipinski definition) is 3. The van der Waals surface area contributed by atoms with Gasteiger partial charge in [0, 0.05) is 33.3 Å².